The van der Waals surface area contributed by atoms with Gasteiger partial charge in [-0.3, -0.25) is 0 Å². The van der Waals surface area contributed by atoms with E-state index >= 15 is 0 Å². The standard InChI is InChI=1S/C21H28N6O5/c1-29-16-11-15(12-17(30-2)20(16)28)14-22-25-18-13-19(26-3-7-31-8-4-26)24-21(23-18)27-5-9-32-10-6-27/h11-13,28H,3-10,14H2,1-2H3. The van der Waals surface area contributed by atoms with Crippen LogP contribution < -0.4 is 19.3 Å². The molecule has 3 heterocycles. The summed E-state index contributed by atoms with van der Waals surface area (Å²) >= 11 is 0. The van der Waals surface area contributed by atoms with Crippen LogP contribution in [-0.4, -0.2) is 81.9 Å². The number of morpholine rings is 2. The first kappa shape index (κ1) is 22.0. The molecule has 0 atom stereocenters. The molecule has 2 aliphatic heterocycles. The molecular weight excluding hydrogens is 416 g/mol. The average Bonchev–Trinajstić information content (AvgIpc) is 2.85. The average molecular weight is 444 g/mol. The molecule has 11 nitrogen and oxygen atoms in total. The predicted molar refractivity (Wildman–Crippen MR) is 118 cm³/mol. The summed E-state index contributed by atoms with van der Waals surface area (Å²) in [5, 5.41) is 18.8. The summed E-state index contributed by atoms with van der Waals surface area (Å²) in [6.45, 7) is 5.89. The van der Waals surface area contributed by atoms with Crippen molar-refractivity contribution in [1.82, 2.24) is 9.97 Å². The van der Waals surface area contributed by atoms with Gasteiger partial charge < -0.3 is 33.9 Å². The van der Waals surface area contributed by atoms with E-state index in [4.69, 9.17) is 23.9 Å². The SMILES string of the molecule is COc1cc(CN=Nc2cc(N3CCOCC3)nc(N3CCOCC3)n2)cc(OC)c1O. The second kappa shape index (κ2) is 10.4. The number of hydrogen-bond acceptors (Lipinski definition) is 11. The van der Waals surface area contributed by atoms with Gasteiger partial charge in [-0.15, -0.1) is 5.11 Å². The van der Waals surface area contributed by atoms with Crippen LogP contribution in [0.3, 0.4) is 0 Å². The molecule has 4 rings (SSSR count). The fraction of sp³-hybridized carbons (Fsp3) is 0.524. The minimum Gasteiger partial charge on any atom is -0.502 e. The summed E-state index contributed by atoms with van der Waals surface area (Å²) in [4.78, 5) is 13.7. The van der Waals surface area contributed by atoms with E-state index < -0.39 is 0 Å². The molecule has 0 unspecified atom stereocenters. The molecule has 0 amide bonds. The third-order valence-corrected chi connectivity index (χ3v) is 5.28. The van der Waals surface area contributed by atoms with E-state index in [-0.39, 0.29) is 12.3 Å². The molecular formula is C21H28N6O5. The smallest absolute Gasteiger partial charge is 0.229 e. The zero-order valence-electron chi connectivity index (χ0n) is 18.4. The number of methoxy groups -OCH3 is 2. The second-order valence-corrected chi connectivity index (χ2v) is 7.33. The largest absolute Gasteiger partial charge is 0.502 e. The van der Waals surface area contributed by atoms with Crippen LogP contribution in [0.2, 0.25) is 0 Å². The summed E-state index contributed by atoms with van der Waals surface area (Å²) < 4.78 is 21.3. The maximum Gasteiger partial charge on any atom is 0.229 e. The molecule has 0 bridgehead atoms. The highest BCUT2D eigenvalue weighted by molar-refractivity contribution is 5.53. The van der Waals surface area contributed by atoms with Crippen molar-refractivity contribution >= 4 is 17.6 Å². The zero-order chi connectivity index (χ0) is 22.3. The molecule has 1 aromatic heterocycles. The third kappa shape index (κ3) is 5.17. The van der Waals surface area contributed by atoms with Gasteiger partial charge in [-0.25, -0.2) is 0 Å². The maximum atomic E-state index is 10.1. The van der Waals surface area contributed by atoms with Crippen molar-refractivity contribution in [3.05, 3.63) is 23.8 Å². The van der Waals surface area contributed by atoms with Crippen LogP contribution >= 0.6 is 0 Å². The molecule has 0 radical (unpaired) electrons. The number of benzene rings is 1. The second-order valence-electron chi connectivity index (χ2n) is 7.33. The predicted octanol–water partition coefficient (Wildman–Crippen LogP) is 2.16. The highest BCUT2D eigenvalue weighted by Crippen LogP contribution is 2.37. The fourth-order valence-electron chi connectivity index (χ4n) is 3.55. The Bertz CT molecular complexity index is 883. The van der Waals surface area contributed by atoms with Gasteiger partial charge >= 0.3 is 0 Å². The van der Waals surface area contributed by atoms with Gasteiger partial charge in [-0.2, -0.15) is 15.1 Å². The van der Waals surface area contributed by atoms with Crippen molar-refractivity contribution in [2.75, 3.05) is 76.6 Å². The van der Waals surface area contributed by atoms with E-state index in [1.54, 1.807) is 12.1 Å². The number of ether oxygens (including phenoxy) is 4. The molecule has 1 N–H and O–H groups in total. The number of nitrogens with zero attached hydrogens (tertiary/aromatic N) is 6. The Balaban J connectivity index is 1.57. The Morgan fingerprint density at radius 2 is 1.50 bits per heavy atom. The van der Waals surface area contributed by atoms with Crippen molar-refractivity contribution in [2.45, 2.75) is 6.54 Å². The van der Waals surface area contributed by atoms with Crippen LogP contribution in [0.15, 0.2) is 28.4 Å². The Kier molecular flexibility index (Phi) is 7.17. The highest BCUT2D eigenvalue weighted by Gasteiger charge is 2.19. The zero-order valence-corrected chi connectivity index (χ0v) is 18.4. The Morgan fingerprint density at radius 3 is 2.09 bits per heavy atom. The Hall–Kier alpha value is -3.18. The van der Waals surface area contributed by atoms with Crippen molar-refractivity contribution in [1.29, 1.82) is 0 Å². The maximum absolute atomic E-state index is 10.1. The van der Waals surface area contributed by atoms with Crippen LogP contribution in [0.5, 0.6) is 17.2 Å². The summed E-state index contributed by atoms with van der Waals surface area (Å²) in [6, 6.07) is 5.25. The molecule has 2 fully saturated rings. The number of azo groups is 1. The van der Waals surface area contributed by atoms with Gasteiger partial charge in [0.2, 0.25) is 11.7 Å². The van der Waals surface area contributed by atoms with E-state index in [0.29, 0.717) is 49.7 Å². The molecule has 32 heavy (non-hydrogen) atoms. The number of aromatic hydroxyl groups is 1. The van der Waals surface area contributed by atoms with Crippen LogP contribution in [0, 0.1) is 0 Å². The lowest BCUT2D eigenvalue weighted by molar-refractivity contribution is 0.121. The van der Waals surface area contributed by atoms with E-state index in [0.717, 1.165) is 37.6 Å². The Labute approximate surface area is 186 Å². The molecule has 172 valence electrons. The van der Waals surface area contributed by atoms with Crippen molar-refractivity contribution < 1.29 is 24.1 Å². The van der Waals surface area contributed by atoms with Gasteiger partial charge in [0, 0.05) is 32.2 Å². The number of rotatable bonds is 7. The van der Waals surface area contributed by atoms with Gasteiger partial charge in [0.15, 0.2) is 17.3 Å². The minimum absolute atomic E-state index is 0.0446. The lowest BCUT2D eigenvalue weighted by Gasteiger charge is -2.30. The summed E-state index contributed by atoms with van der Waals surface area (Å²) in [5.41, 5.74) is 0.788. The van der Waals surface area contributed by atoms with Gasteiger partial charge in [0.1, 0.15) is 5.82 Å². The van der Waals surface area contributed by atoms with E-state index in [9.17, 15) is 5.11 Å². The summed E-state index contributed by atoms with van der Waals surface area (Å²) in [5.74, 6) is 2.52. The summed E-state index contributed by atoms with van der Waals surface area (Å²) in [6.07, 6.45) is 0. The third-order valence-electron chi connectivity index (χ3n) is 5.28. The van der Waals surface area contributed by atoms with Gasteiger partial charge in [0.25, 0.3) is 0 Å². The minimum atomic E-state index is -0.0446. The van der Waals surface area contributed by atoms with Gasteiger partial charge in [-0.1, -0.05) is 0 Å². The monoisotopic (exact) mass is 444 g/mol. The van der Waals surface area contributed by atoms with Crippen LogP contribution in [0.1, 0.15) is 5.56 Å². The number of phenols is 1. The van der Waals surface area contributed by atoms with Crippen LogP contribution in [0.25, 0.3) is 0 Å². The lowest BCUT2D eigenvalue weighted by Crippen LogP contribution is -2.39. The molecule has 2 aliphatic rings. The normalized spacial score (nSPS) is 17.1. The first-order chi connectivity index (χ1) is 15.7. The molecule has 2 saturated heterocycles. The molecule has 2 aromatic rings. The van der Waals surface area contributed by atoms with Crippen LogP contribution in [-0.2, 0) is 16.0 Å². The van der Waals surface area contributed by atoms with E-state index in [1.807, 2.05) is 6.07 Å². The topological polar surface area (TPSA) is 114 Å². The molecule has 11 heteroatoms. The van der Waals surface area contributed by atoms with Crippen molar-refractivity contribution in [3.8, 4) is 17.2 Å². The Morgan fingerprint density at radius 1 is 0.906 bits per heavy atom. The fourth-order valence-corrected chi connectivity index (χ4v) is 3.55. The van der Waals surface area contributed by atoms with Crippen LogP contribution in [0.4, 0.5) is 17.6 Å². The first-order valence-electron chi connectivity index (χ1n) is 10.5. The number of phenolic OH excluding ortho intramolecular Hbond substituents is 1. The molecule has 0 saturated carbocycles. The van der Waals surface area contributed by atoms with E-state index in [1.165, 1.54) is 14.2 Å². The van der Waals surface area contributed by atoms with E-state index in [2.05, 4.69) is 25.0 Å². The summed E-state index contributed by atoms with van der Waals surface area (Å²) in [7, 11) is 2.97. The van der Waals surface area contributed by atoms with Crippen molar-refractivity contribution in [2.24, 2.45) is 10.2 Å². The molecule has 0 aliphatic carbocycles. The number of hydrogen-bond donors (Lipinski definition) is 1. The number of anilines is 2. The van der Waals surface area contributed by atoms with Gasteiger partial charge in [0.05, 0.1) is 47.2 Å². The quantitative estimate of drug-likeness (QED) is 0.642. The van der Waals surface area contributed by atoms with Crippen molar-refractivity contribution in [3.63, 3.8) is 0 Å². The number of aromatic nitrogens is 2. The highest BCUT2D eigenvalue weighted by atomic mass is 16.5. The molecule has 1 aromatic carbocycles. The molecule has 0 spiro atoms. The van der Waals surface area contributed by atoms with Gasteiger partial charge in [-0.05, 0) is 17.7 Å². The lowest BCUT2D eigenvalue weighted by atomic mass is 10.2. The first-order valence-corrected chi connectivity index (χ1v) is 10.5.